The molecule has 0 radical (unpaired) electrons. The molecule has 0 N–H and O–H groups in total. The third-order valence-corrected chi connectivity index (χ3v) is 6.21. The number of halogens is 1. The van der Waals surface area contributed by atoms with Crippen molar-refractivity contribution in [2.24, 2.45) is 0 Å². The second kappa shape index (κ2) is 7.75. The Balaban J connectivity index is 1.60. The van der Waals surface area contributed by atoms with Gasteiger partial charge in [0, 0.05) is 5.75 Å². The van der Waals surface area contributed by atoms with E-state index in [2.05, 4.69) is 15.5 Å². The minimum Gasteiger partial charge on any atom is -0.224 e. The summed E-state index contributed by atoms with van der Waals surface area (Å²) in [7, 11) is -3.29. The van der Waals surface area contributed by atoms with Crippen LogP contribution in [0.1, 0.15) is 6.42 Å². The van der Waals surface area contributed by atoms with Gasteiger partial charge in [0.2, 0.25) is 5.16 Å². The van der Waals surface area contributed by atoms with E-state index in [0.717, 1.165) is 0 Å². The summed E-state index contributed by atoms with van der Waals surface area (Å²) in [5.74, 6) is 0.200. The van der Waals surface area contributed by atoms with Crippen molar-refractivity contribution in [2.45, 2.75) is 16.5 Å². The van der Waals surface area contributed by atoms with E-state index in [1.165, 1.54) is 28.6 Å². The Morgan fingerprint density at radius 3 is 2.64 bits per heavy atom. The molecule has 0 bridgehead atoms. The van der Waals surface area contributed by atoms with Gasteiger partial charge in [0.15, 0.2) is 9.84 Å². The highest BCUT2D eigenvalue weighted by Gasteiger charge is 2.14. The standard InChI is InChI=1S/C16H15FN4O2S2/c17-13-6-4-7-14(12-13)21-16(18-19-20-21)24-10-5-11-25(22,23)15-8-2-1-3-9-15/h1-4,6-9,12H,5,10-11H2. The lowest BCUT2D eigenvalue weighted by atomic mass is 10.3. The van der Waals surface area contributed by atoms with Crippen LogP contribution in [0.4, 0.5) is 4.39 Å². The summed E-state index contributed by atoms with van der Waals surface area (Å²) in [6, 6.07) is 14.3. The largest absolute Gasteiger partial charge is 0.224 e. The summed E-state index contributed by atoms with van der Waals surface area (Å²) in [6.07, 6.45) is 0.456. The molecule has 0 spiro atoms. The van der Waals surface area contributed by atoms with Crippen LogP contribution >= 0.6 is 11.8 Å². The van der Waals surface area contributed by atoms with Gasteiger partial charge in [-0.3, -0.25) is 0 Å². The van der Waals surface area contributed by atoms with Gasteiger partial charge in [0.1, 0.15) is 5.82 Å². The molecule has 0 unspecified atom stereocenters. The van der Waals surface area contributed by atoms with E-state index < -0.39 is 9.84 Å². The minimum absolute atomic E-state index is 0.0472. The summed E-state index contributed by atoms with van der Waals surface area (Å²) in [4.78, 5) is 0.324. The molecule has 2 aromatic carbocycles. The van der Waals surface area contributed by atoms with Crippen molar-refractivity contribution in [3.63, 3.8) is 0 Å². The van der Waals surface area contributed by atoms with Gasteiger partial charge in [-0.05, 0) is 47.2 Å². The van der Waals surface area contributed by atoms with E-state index in [1.807, 2.05) is 0 Å². The van der Waals surface area contributed by atoms with Crippen molar-refractivity contribution in [3.05, 3.63) is 60.4 Å². The maximum absolute atomic E-state index is 13.3. The molecule has 0 amide bonds. The molecule has 0 aliphatic carbocycles. The fraction of sp³-hybridized carbons (Fsp3) is 0.188. The zero-order valence-corrected chi connectivity index (χ0v) is 14.8. The first-order chi connectivity index (χ1) is 12.1. The summed E-state index contributed by atoms with van der Waals surface area (Å²) in [5, 5.41) is 11.9. The van der Waals surface area contributed by atoms with Crippen LogP contribution in [0.5, 0.6) is 0 Å². The van der Waals surface area contributed by atoms with Crippen molar-refractivity contribution in [1.82, 2.24) is 20.2 Å². The van der Waals surface area contributed by atoms with Crippen LogP contribution in [-0.4, -0.2) is 40.1 Å². The number of rotatable bonds is 7. The van der Waals surface area contributed by atoms with Gasteiger partial charge in [0.05, 0.1) is 16.3 Å². The van der Waals surface area contributed by atoms with Crippen LogP contribution in [0.15, 0.2) is 64.6 Å². The quantitative estimate of drug-likeness (QED) is 0.465. The van der Waals surface area contributed by atoms with Crippen LogP contribution in [-0.2, 0) is 9.84 Å². The van der Waals surface area contributed by atoms with Gasteiger partial charge in [-0.25, -0.2) is 12.8 Å². The number of tetrazole rings is 1. The van der Waals surface area contributed by atoms with Gasteiger partial charge < -0.3 is 0 Å². The lowest BCUT2D eigenvalue weighted by Crippen LogP contribution is -2.07. The predicted molar refractivity (Wildman–Crippen MR) is 92.9 cm³/mol. The number of hydrogen-bond acceptors (Lipinski definition) is 6. The third kappa shape index (κ3) is 4.43. The lowest BCUT2D eigenvalue weighted by molar-refractivity contribution is 0.595. The highest BCUT2D eigenvalue weighted by Crippen LogP contribution is 2.20. The first-order valence-corrected chi connectivity index (χ1v) is 10.1. The summed E-state index contributed by atoms with van der Waals surface area (Å²) in [5.41, 5.74) is 0.518. The van der Waals surface area contributed by atoms with Crippen molar-refractivity contribution in [1.29, 1.82) is 0 Å². The topological polar surface area (TPSA) is 77.7 Å². The van der Waals surface area contributed by atoms with Crippen LogP contribution in [0.25, 0.3) is 5.69 Å². The Morgan fingerprint density at radius 2 is 1.88 bits per heavy atom. The van der Waals surface area contributed by atoms with Gasteiger partial charge in [0.25, 0.3) is 0 Å². The van der Waals surface area contributed by atoms with Crippen molar-refractivity contribution >= 4 is 21.6 Å². The number of sulfone groups is 1. The molecule has 9 heteroatoms. The molecule has 0 saturated heterocycles. The molecule has 1 aromatic heterocycles. The van der Waals surface area contributed by atoms with Gasteiger partial charge in [-0.15, -0.1) is 5.10 Å². The average Bonchev–Trinajstić information content (AvgIpc) is 3.08. The van der Waals surface area contributed by atoms with Crippen molar-refractivity contribution in [2.75, 3.05) is 11.5 Å². The van der Waals surface area contributed by atoms with E-state index in [4.69, 9.17) is 0 Å². The minimum atomic E-state index is -3.29. The second-order valence-electron chi connectivity index (χ2n) is 5.19. The van der Waals surface area contributed by atoms with E-state index >= 15 is 0 Å². The monoisotopic (exact) mass is 378 g/mol. The molecule has 1 heterocycles. The number of aromatic nitrogens is 4. The molecule has 0 aliphatic heterocycles. The van der Waals surface area contributed by atoms with Crippen LogP contribution < -0.4 is 0 Å². The highest BCUT2D eigenvalue weighted by atomic mass is 32.2. The van der Waals surface area contributed by atoms with Gasteiger partial charge in [-0.1, -0.05) is 36.0 Å². The number of hydrogen-bond donors (Lipinski definition) is 0. The van der Waals surface area contributed by atoms with Gasteiger partial charge in [-0.2, -0.15) is 4.68 Å². The third-order valence-electron chi connectivity index (χ3n) is 3.38. The van der Waals surface area contributed by atoms with Crippen LogP contribution in [0, 0.1) is 5.82 Å². The first kappa shape index (κ1) is 17.6. The summed E-state index contributed by atoms with van der Waals surface area (Å²) in [6.45, 7) is 0. The van der Waals surface area contributed by atoms with E-state index in [0.29, 0.717) is 27.9 Å². The summed E-state index contributed by atoms with van der Waals surface area (Å²) >= 11 is 1.33. The Hall–Kier alpha value is -2.26. The molecular formula is C16H15FN4O2S2. The lowest BCUT2D eigenvalue weighted by Gasteiger charge is -2.05. The van der Waals surface area contributed by atoms with E-state index in [9.17, 15) is 12.8 Å². The van der Waals surface area contributed by atoms with Gasteiger partial charge >= 0.3 is 0 Å². The summed E-state index contributed by atoms with van der Waals surface area (Å²) < 4.78 is 39.2. The van der Waals surface area contributed by atoms with Crippen LogP contribution in [0.3, 0.4) is 0 Å². The van der Waals surface area contributed by atoms with Crippen molar-refractivity contribution < 1.29 is 12.8 Å². The Labute approximate surface area is 149 Å². The highest BCUT2D eigenvalue weighted by molar-refractivity contribution is 7.99. The zero-order chi connectivity index (χ0) is 17.7. The molecule has 0 aliphatic rings. The number of thioether (sulfide) groups is 1. The predicted octanol–water partition coefficient (Wildman–Crippen LogP) is 2.76. The van der Waals surface area contributed by atoms with E-state index in [-0.39, 0.29) is 11.6 Å². The smallest absolute Gasteiger partial charge is 0.214 e. The SMILES string of the molecule is O=S(=O)(CCCSc1nnnn1-c1cccc(F)c1)c1ccccc1. The Bertz CT molecular complexity index is 946. The fourth-order valence-corrected chi connectivity index (χ4v) is 4.54. The molecule has 130 valence electrons. The zero-order valence-electron chi connectivity index (χ0n) is 13.1. The molecule has 25 heavy (non-hydrogen) atoms. The molecule has 0 fully saturated rings. The molecule has 3 aromatic rings. The molecular weight excluding hydrogens is 363 g/mol. The first-order valence-electron chi connectivity index (χ1n) is 7.51. The molecule has 0 saturated carbocycles. The molecule has 3 rings (SSSR count). The fourth-order valence-electron chi connectivity index (χ4n) is 2.20. The number of nitrogens with zero attached hydrogens (tertiary/aromatic N) is 4. The Morgan fingerprint density at radius 1 is 1.08 bits per heavy atom. The molecule has 6 nitrogen and oxygen atoms in total. The molecule has 0 atom stereocenters. The number of benzene rings is 2. The maximum Gasteiger partial charge on any atom is 0.214 e. The van der Waals surface area contributed by atoms with Crippen molar-refractivity contribution in [3.8, 4) is 5.69 Å². The van der Waals surface area contributed by atoms with Crippen LogP contribution in [0.2, 0.25) is 0 Å². The average molecular weight is 378 g/mol. The Kier molecular flexibility index (Phi) is 5.44. The second-order valence-corrected chi connectivity index (χ2v) is 8.36. The normalized spacial score (nSPS) is 11.6. The maximum atomic E-state index is 13.3. The van der Waals surface area contributed by atoms with E-state index in [1.54, 1.807) is 42.5 Å².